The van der Waals surface area contributed by atoms with E-state index in [-0.39, 0.29) is 0 Å². The van der Waals surface area contributed by atoms with Gasteiger partial charge in [-0.25, -0.2) is 0 Å². The summed E-state index contributed by atoms with van der Waals surface area (Å²) in [5, 5.41) is 0. The minimum absolute atomic E-state index is 0.865. The third kappa shape index (κ3) is 8.88. The van der Waals surface area contributed by atoms with E-state index in [9.17, 15) is 0 Å². The minimum Gasteiger partial charge on any atom is -0.458 e. The molecule has 16 heavy (non-hydrogen) atoms. The zero-order valence-corrected chi connectivity index (χ0v) is 16.7. The van der Waals surface area contributed by atoms with Crippen LogP contribution in [-0.4, -0.2) is 34.7 Å². The van der Waals surface area contributed by atoms with Crippen LogP contribution < -0.4 is 0 Å². The first-order valence-corrected chi connectivity index (χ1v) is 18.2. The minimum atomic E-state index is -1.40. The molecule has 0 amide bonds. The van der Waals surface area contributed by atoms with Gasteiger partial charge in [0, 0.05) is 0 Å². The van der Waals surface area contributed by atoms with Gasteiger partial charge in [-0.3, -0.25) is 0 Å². The molecule has 0 aliphatic heterocycles. The standard InChI is InChI=1S/C10H30O2Si4/c1-13(2)11-15(5,6)9-10-16(7,8)12-14(3)4/h13-14H,9-10H2,1-8H3. The van der Waals surface area contributed by atoms with E-state index in [1.165, 1.54) is 12.1 Å². The Morgan fingerprint density at radius 3 is 1.12 bits per heavy atom. The van der Waals surface area contributed by atoms with Crippen molar-refractivity contribution in [1.29, 1.82) is 0 Å². The molecular formula is C10H30O2Si4. The Morgan fingerprint density at radius 2 is 0.938 bits per heavy atom. The van der Waals surface area contributed by atoms with Crippen molar-refractivity contribution in [2.75, 3.05) is 0 Å². The fourth-order valence-electron chi connectivity index (χ4n) is 2.00. The Morgan fingerprint density at radius 1 is 0.688 bits per heavy atom. The molecule has 0 aromatic rings. The molecule has 2 nitrogen and oxygen atoms in total. The maximum Gasteiger partial charge on any atom is 0.172 e. The Balaban J connectivity index is 4.11. The molecule has 0 unspecified atom stereocenters. The van der Waals surface area contributed by atoms with Gasteiger partial charge in [-0.2, -0.15) is 0 Å². The van der Waals surface area contributed by atoms with Gasteiger partial charge in [0.1, 0.15) is 0 Å². The lowest BCUT2D eigenvalue weighted by molar-refractivity contribution is 0.555. The van der Waals surface area contributed by atoms with Crippen LogP contribution in [0.5, 0.6) is 0 Å². The lowest BCUT2D eigenvalue weighted by atomic mass is 10.9. The van der Waals surface area contributed by atoms with Crippen molar-refractivity contribution in [3.63, 3.8) is 0 Å². The summed E-state index contributed by atoms with van der Waals surface area (Å²) in [4.78, 5) is 0. The molecule has 0 spiro atoms. The molecule has 0 heterocycles. The second kappa shape index (κ2) is 6.65. The van der Waals surface area contributed by atoms with Crippen LogP contribution in [-0.2, 0) is 8.23 Å². The quantitative estimate of drug-likeness (QED) is 0.670. The van der Waals surface area contributed by atoms with Gasteiger partial charge < -0.3 is 8.23 Å². The molecule has 0 fully saturated rings. The fraction of sp³-hybridized carbons (Fsp3) is 1.00. The van der Waals surface area contributed by atoms with E-state index in [4.69, 9.17) is 8.23 Å². The van der Waals surface area contributed by atoms with E-state index < -0.39 is 34.7 Å². The van der Waals surface area contributed by atoms with Gasteiger partial charge in [-0.1, -0.05) is 0 Å². The van der Waals surface area contributed by atoms with Crippen molar-refractivity contribution < 1.29 is 8.23 Å². The van der Waals surface area contributed by atoms with Crippen LogP contribution in [0.25, 0.3) is 0 Å². The number of rotatable bonds is 7. The van der Waals surface area contributed by atoms with Crippen molar-refractivity contribution >= 4 is 34.7 Å². The van der Waals surface area contributed by atoms with E-state index in [1.807, 2.05) is 0 Å². The molecule has 0 radical (unpaired) electrons. The summed E-state index contributed by atoms with van der Waals surface area (Å²) in [6.45, 7) is 18.5. The molecule has 0 saturated heterocycles. The molecule has 0 aliphatic carbocycles. The van der Waals surface area contributed by atoms with Gasteiger partial charge in [-0.05, 0) is 64.5 Å². The second-order valence-corrected chi connectivity index (χ2v) is 20.5. The number of hydrogen-bond acceptors (Lipinski definition) is 2. The largest absolute Gasteiger partial charge is 0.458 e. The maximum atomic E-state index is 6.19. The Labute approximate surface area is 107 Å². The molecule has 6 heteroatoms. The van der Waals surface area contributed by atoms with Crippen LogP contribution in [0, 0.1) is 0 Å². The molecule has 0 N–H and O–H groups in total. The number of hydrogen-bond donors (Lipinski definition) is 0. The summed E-state index contributed by atoms with van der Waals surface area (Å²) in [6, 6.07) is 2.55. The van der Waals surface area contributed by atoms with Gasteiger partial charge in [0.05, 0.1) is 0 Å². The van der Waals surface area contributed by atoms with Crippen LogP contribution in [0.3, 0.4) is 0 Å². The third-order valence-electron chi connectivity index (χ3n) is 2.44. The Hall–Kier alpha value is 0.788. The topological polar surface area (TPSA) is 18.5 Å². The molecule has 0 bridgehead atoms. The highest BCUT2D eigenvalue weighted by Gasteiger charge is 2.30. The summed E-state index contributed by atoms with van der Waals surface area (Å²) >= 11 is 0. The Kier molecular flexibility index (Phi) is 6.98. The van der Waals surface area contributed by atoms with Crippen molar-refractivity contribution in [3.05, 3.63) is 0 Å². The van der Waals surface area contributed by atoms with E-state index in [2.05, 4.69) is 52.4 Å². The van der Waals surface area contributed by atoms with Crippen molar-refractivity contribution in [1.82, 2.24) is 0 Å². The fourth-order valence-corrected chi connectivity index (χ4v) is 18.0. The average molecular weight is 295 g/mol. The highest BCUT2D eigenvalue weighted by Crippen LogP contribution is 2.23. The average Bonchev–Trinajstić information content (AvgIpc) is 1.96. The zero-order valence-electron chi connectivity index (χ0n) is 12.4. The first kappa shape index (κ1) is 16.8. The van der Waals surface area contributed by atoms with Crippen LogP contribution in [0.2, 0.25) is 64.5 Å². The predicted molar refractivity (Wildman–Crippen MR) is 84.5 cm³/mol. The summed E-state index contributed by atoms with van der Waals surface area (Å²) in [6.07, 6.45) is 0. The SMILES string of the molecule is C[SiH](C)O[Si](C)(C)CC[Si](C)(C)O[SiH](C)C. The lowest BCUT2D eigenvalue weighted by Crippen LogP contribution is -2.41. The second-order valence-electron chi connectivity index (χ2n) is 6.35. The van der Waals surface area contributed by atoms with Gasteiger partial charge in [0.2, 0.25) is 0 Å². The monoisotopic (exact) mass is 294 g/mol. The molecule has 0 atom stereocenters. The first-order chi connectivity index (χ1) is 7.04. The van der Waals surface area contributed by atoms with Gasteiger partial charge in [0.25, 0.3) is 0 Å². The van der Waals surface area contributed by atoms with E-state index in [1.54, 1.807) is 0 Å². The summed E-state index contributed by atoms with van der Waals surface area (Å²) < 4.78 is 12.4. The van der Waals surface area contributed by atoms with Crippen LogP contribution in [0.15, 0.2) is 0 Å². The summed E-state index contributed by atoms with van der Waals surface area (Å²) in [5.74, 6) is 0. The smallest absolute Gasteiger partial charge is 0.172 e. The van der Waals surface area contributed by atoms with E-state index >= 15 is 0 Å². The third-order valence-corrected chi connectivity index (χ3v) is 14.7. The predicted octanol–water partition coefficient (Wildman–Crippen LogP) is 3.40. The lowest BCUT2D eigenvalue weighted by Gasteiger charge is -2.31. The molecule has 98 valence electrons. The zero-order chi connectivity index (χ0) is 13.0. The molecule has 0 rings (SSSR count). The van der Waals surface area contributed by atoms with Crippen molar-refractivity contribution in [2.24, 2.45) is 0 Å². The Bertz CT molecular complexity index is 183. The van der Waals surface area contributed by atoms with Gasteiger partial charge >= 0.3 is 0 Å². The first-order valence-electron chi connectivity index (χ1n) is 6.40. The summed E-state index contributed by atoms with van der Waals surface area (Å²) in [5.41, 5.74) is 0. The molecule has 0 aromatic carbocycles. The van der Waals surface area contributed by atoms with Crippen LogP contribution in [0.4, 0.5) is 0 Å². The van der Waals surface area contributed by atoms with E-state index in [0.29, 0.717) is 0 Å². The highest BCUT2D eigenvalue weighted by molar-refractivity contribution is 6.82. The normalized spacial score (nSPS) is 13.9. The highest BCUT2D eigenvalue weighted by atomic mass is 28.4. The molecular weight excluding hydrogens is 264 g/mol. The van der Waals surface area contributed by atoms with Crippen LogP contribution >= 0.6 is 0 Å². The van der Waals surface area contributed by atoms with Gasteiger partial charge in [-0.15, -0.1) is 0 Å². The van der Waals surface area contributed by atoms with Crippen molar-refractivity contribution in [3.8, 4) is 0 Å². The van der Waals surface area contributed by atoms with Gasteiger partial charge in [0.15, 0.2) is 34.7 Å². The summed E-state index contributed by atoms with van der Waals surface area (Å²) in [7, 11) is -4.52. The van der Waals surface area contributed by atoms with Crippen LogP contribution in [0.1, 0.15) is 0 Å². The molecule has 0 aliphatic rings. The van der Waals surface area contributed by atoms with Crippen molar-refractivity contribution in [2.45, 2.75) is 64.5 Å². The maximum absolute atomic E-state index is 6.19. The molecule has 0 saturated carbocycles. The van der Waals surface area contributed by atoms with E-state index in [0.717, 1.165) is 0 Å². The molecule has 0 aromatic heterocycles.